The van der Waals surface area contributed by atoms with E-state index >= 15 is 0 Å². The van der Waals surface area contributed by atoms with Gasteiger partial charge in [-0.05, 0) is 14.1 Å². The quantitative estimate of drug-likeness (QED) is 0.107. The van der Waals surface area contributed by atoms with Gasteiger partial charge >= 0.3 is 0 Å². The van der Waals surface area contributed by atoms with E-state index in [9.17, 15) is 29.1 Å². The lowest BCUT2D eigenvalue weighted by molar-refractivity contribution is -0.205. The smallest absolute Gasteiger partial charge is 0.286 e. The lowest BCUT2D eigenvalue weighted by Crippen LogP contribution is -2.28. The Morgan fingerprint density at radius 3 is 1.33 bits per heavy atom. The molecule has 0 aromatic rings. The summed E-state index contributed by atoms with van der Waals surface area (Å²) in [4.78, 5) is 60.4. The van der Waals surface area contributed by atoms with Crippen LogP contribution in [0.2, 0.25) is 0 Å². The van der Waals surface area contributed by atoms with Gasteiger partial charge in [0.2, 0.25) is 23.7 Å². The molecular weight excluding hydrogens is 578 g/mol. The Morgan fingerprint density at radius 2 is 1.21 bits per heavy atom. The topological polar surface area (TPSA) is 345 Å². The monoisotopic (exact) mass is 608 g/mol. The van der Waals surface area contributed by atoms with Gasteiger partial charge in [0, 0.05) is 5.23 Å². The molecule has 19 nitrogen and oxygen atoms in total. The Hall–Kier alpha value is -3.73. The molecule has 0 aromatic heterocycles. The molecule has 39 heavy (non-hydrogen) atoms. The van der Waals surface area contributed by atoms with Gasteiger partial charge in [-0.2, -0.15) is 9.98 Å². The fourth-order valence-electron chi connectivity index (χ4n) is 1.67. The summed E-state index contributed by atoms with van der Waals surface area (Å²) in [7, 11) is 3.48. The van der Waals surface area contributed by atoms with Gasteiger partial charge in [0.25, 0.3) is 16.4 Å². The van der Waals surface area contributed by atoms with E-state index in [1.165, 1.54) is 0 Å². The van der Waals surface area contributed by atoms with Crippen molar-refractivity contribution in [2.75, 3.05) is 44.4 Å². The van der Waals surface area contributed by atoms with Crippen molar-refractivity contribution in [2.45, 2.75) is 0 Å². The standard InChI is InChI=1S/2C4H11N5.3C3H3NO2S/c2*1-8-2-3(5)9-4(6)7;3*5-2-1-7-3(6)4-2/h2*8H,2H2,1H3,(H5,5,6,7,9);3*1H2,(H,4,5,6)/p-1. The minimum atomic E-state index is -0.356. The predicted molar refractivity (Wildman–Crippen MR) is 152 cm³/mol. The van der Waals surface area contributed by atoms with Gasteiger partial charge in [0.1, 0.15) is 11.7 Å². The molecule has 3 aliphatic rings. The van der Waals surface area contributed by atoms with Crippen molar-refractivity contribution in [2.24, 2.45) is 37.9 Å². The van der Waals surface area contributed by atoms with Gasteiger partial charge in [-0.3, -0.25) is 45.4 Å². The molecular formula is C17H30N13O6S3-. The number of carbonyl (C=O) groups is 5. The van der Waals surface area contributed by atoms with Gasteiger partial charge in [0.05, 0.1) is 30.3 Å². The van der Waals surface area contributed by atoms with Crippen LogP contribution >= 0.6 is 35.3 Å². The number of nitrogens with zero attached hydrogens (tertiary/aromatic N) is 3. The van der Waals surface area contributed by atoms with E-state index in [0.717, 1.165) is 35.3 Å². The van der Waals surface area contributed by atoms with Gasteiger partial charge in [-0.1, -0.05) is 23.5 Å². The van der Waals surface area contributed by atoms with Crippen LogP contribution in [0.15, 0.2) is 15.0 Å². The molecule has 5 amide bonds. The Labute approximate surface area is 235 Å². The Balaban J connectivity index is 0. The predicted octanol–water partition coefficient (Wildman–Crippen LogP) is -4.17. The number of amidine groups is 2. The van der Waals surface area contributed by atoms with Crippen molar-refractivity contribution >= 4 is 92.3 Å². The minimum absolute atomic E-state index is 0.185. The number of hydrogen-bond donors (Lipinski definition) is 10. The zero-order chi connectivity index (χ0) is 30.4. The van der Waals surface area contributed by atoms with Crippen molar-refractivity contribution in [3.05, 3.63) is 0 Å². The van der Waals surface area contributed by atoms with Crippen LogP contribution in [-0.4, -0.2) is 101 Å². The zero-order valence-corrected chi connectivity index (χ0v) is 23.3. The number of thioether (sulfide) groups is 3. The van der Waals surface area contributed by atoms with E-state index in [1.807, 2.05) is 0 Å². The van der Waals surface area contributed by atoms with Crippen molar-refractivity contribution in [3.8, 4) is 0 Å². The van der Waals surface area contributed by atoms with Gasteiger partial charge in [0.15, 0.2) is 0 Å². The second-order valence-electron chi connectivity index (χ2n) is 6.35. The van der Waals surface area contributed by atoms with E-state index in [0.29, 0.717) is 36.3 Å². The summed E-state index contributed by atoms with van der Waals surface area (Å²) in [6, 6.07) is 0. The summed E-state index contributed by atoms with van der Waals surface area (Å²) < 4.78 is 0. The molecule has 0 unspecified atom stereocenters. The van der Waals surface area contributed by atoms with Crippen LogP contribution in [0, 0.1) is 10.8 Å². The molecule has 0 saturated carbocycles. The van der Waals surface area contributed by atoms with Crippen molar-refractivity contribution < 1.29 is 29.1 Å². The minimum Gasteiger partial charge on any atom is -0.854 e. The van der Waals surface area contributed by atoms with E-state index in [2.05, 4.69) is 36.2 Å². The first-order chi connectivity index (χ1) is 18.2. The number of amides is 5. The molecule has 0 aliphatic carbocycles. The van der Waals surface area contributed by atoms with Crippen LogP contribution in [-0.2, 0) is 14.4 Å². The average Bonchev–Trinajstić information content (AvgIpc) is 3.50. The summed E-state index contributed by atoms with van der Waals surface area (Å²) in [6.07, 6.45) is 0. The van der Waals surface area contributed by atoms with Crippen LogP contribution < -0.4 is 49.3 Å². The number of carbonyl (C=O) groups excluding carboxylic acids is 5. The molecule has 3 rings (SSSR count). The van der Waals surface area contributed by atoms with Crippen molar-refractivity contribution in [3.63, 3.8) is 0 Å². The fraction of sp³-hybridized carbons (Fsp3) is 0.412. The number of rotatable bonds is 4. The summed E-state index contributed by atoms with van der Waals surface area (Å²) >= 11 is 2.96. The number of hydrogen-bond acceptors (Lipinski definition) is 13. The summed E-state index contributed by atoms with van der Waals surface area (Å²) in [6.45, 7) is 0.916. The molecule has 0 spiro atoms. The Kier molecular flexibility index (Phi) is 21.4. The van der Waals surface area contributed by atoms with E-state index in [-0.39, 0.29) is 51.1 Å². The molecule has 3 heterocycles. The normalized spacial score (nSPS) is 16.1. The second kappa shape index (κ2) is 22.3. The number of aliphatic imine (C=N–C) groups is 3. The number of nitrogens with one attached hydrogen (secondary N) is 6. The van der Waals surface area contributed by atoms with Crippen molar-refractivity contribution in [1.82, 2.24) is 21.3 Å². The largest absolute Gasteiger partial charge is 0.854 e. The number of likely N-dealkylation sites (N-methyl/N-ethyl adjacent to an activating group) is 2. The highest BCUT2D eigenvalue weighted by atomic mass is 32.2. The summed E-state index contributed by atoms with van der Waals surface area (Å²) in [5.74, 6) is 0.261. The molecule has 2 fully saturated rings. The highest BCUT2D eigenvalue weighted by Gasteiger charge is 2.17. The molecule has 14 N–H and O–H groups in total. The third kappa shape index (κ3) is 25.7. The molecule has 0 bridgehead atoms. The Morgan fingerprint density at radius 1 is 0.821 bits per heavy atom. The van der Waals surface area contributed by atoms with Gasteiger partial charge < -0.3 is 38.7 Å². The SMILES string of the molecule is CNCC(N)=NC(=N)N.CNCC(N)=NC(=N)N.O=C1CSC(=O)N1.O=C1CSC(=O)N1.O=C1CSC([O-])=N1. The van der Waals surface area contributed by atoms with Crippen LogP contribution in [0.4, 0.5) is 9.59 Å². The number of imide groups is 2. The maximum absolute atomic E-state index is 10.1. The molecule has 3 aliphatic heterocycles. The van der Waals surface area contributed by atoms with Crippen molar-refractivity contribution in [1.29, 1.82) is 10.8 Å². The lowest BCUT2D eigenvalue weighted by Gasteiger charge is -1.95. The van der Waals surface area contributed by atoms with Gasteiger partial charge in [-0.15, -0.1) is 11.8 Å². The maximum Gasteiger partial charge on any atom is 0.286 e. The molecule has 0 radical (unpaired) electrons. The lowest BCUT2D eigenvalue weighted by atomic mass is 10.6. The second-order valence-corrected chi connectivity index (χ2v) is 9.17. The van der Waals surface area contributed by atoms with E-state index in [1.54, 1.807) is 14.1 Å². The Bertz CT molecular complexity index is 913. The molecule has 0 aromatic carbocycles. The summed E-state index contributed by atoms with van der Waals surface area (Å²) in [5.41, 5.74) is 20.3. The maximum atomic E-state index is 10.1. The molecule has 22 heteroatoms. The van der Waals surface area contributed by atoms with Crippen LogP contribution in [0.3, 0.4) is 0 Å². The third-order valence-electron chi connectivity index (χ3n) is 2.93. The fourth-order valence-corrected chi connectivity index (χ4v) is 3.19. The first-order valence-corrected chi connectivity index (χ1v) is 13.1. The first-order valence-electron chi connectivity index (χ1n) is 10.2. The van der Waals surface area contributed by atoms with Crippen LogP contribution in [0.5, 0.6) is 0 Å². The molecule has 0 atom stereocenters. The molecule has 218 valence electrons. The molecule has 2 saturated heterocycles. The highest BCUT2D eigenvalue weighted by Crippen LogP contribution is 2.07. The highest BCUT2D eigenvalue weighted by molar-refractivity contribution is 8.15. The van der Waals surface area contributed by atoms with Crippen LogP contribution in [0.25, 0.3) is 0 Å². The third-order valence-corrected chi connectivity index (χ3v) is 5.20. The first kappa shape index (κ1) is 37.4. The summed E-state index contributed by atoms with van der Waals surface area (Å²) in [5, 5.41) is 32.3. The van der Waals surface area contributed by atoms with Crippen LogP contribution in [0.1, 0.15) is 0 Å². The van der Waals surface area contributed by atoms with E-state index < -0.39 is 0 Å². The number of guanidine groups is 2. The number of nitrogens with two attached hydrogens (primary N) is 4. The zero-order valence-electron chi connectivity index (χ0n) is 20.9. The van der Waals surface area contributed by atoms with E-state index in [4.69, 9.17) is 33.8 Å². The van der Waals surface area contributed by atoms with Gasteiger partial charge in [-0.25, -0.2) is 4.99 Å². The average molecular weight is 609 g/mol.